The van der Waals surface area contributed by atoms with E-state index in [-0.39, 0.29) is 24.8 Å². The Morgan fingerprint density at radius 3 is 2.17 bits per heavy atom. The fraction of sp³-hybridized carbons (Fsp3) is 0.917. The van der Waals surface area contributed by atoms with E-state index in [9.17, 15) is 13.2 Å². The maximum absolute atomic E-state index is 12.1. The Balaban J connectivity index is 4.52. The van der Waals surface area contributed by atoms with Gasteiger partial charge < -0.3 is 5.11 Å². The van der Waals surface area contributed by atoms with Crippen LogP contribution in [-0.2, 0) is 14.8 Å². The zero-order chi connectivity index (χ0) is 14.3. The first-order chi connectivity index (χ1) is 8.16. The number of aliphatic carboxylic acids is 1. The zero-order valence-corrected chi connectivity index (χ0v) is 12.5. The Morgan fingerprint density at radius 2 is 1.78 bits per heavy atom. The van der Waals surface area contributed by atoms with Crippen LogP contribution in [-0.4, -0.2) is 42.1 Å². The number of nitrogens with zero attached hydrogens (tertiary/aromatic N) is 1. The van der Waals surface area contributed by atoms with Crippen LogP contribution in [0.1, 0.15) is 47.0 Å². The molecule has 0 radical (unpaired) electrons. The highest BCUT2D eigenvalue weighted by Gasteiger charge is 2.24. The first-order valence-corrected chi connectivity index (χ1v) is 7.99. The van der Waals surface area contributed by atoms with Crippen LogP contribution in [0.2, 0.25) is 0 Å². The Morgan fingerprint density at radius 1 is 1.22 bits per heavy atom. The van der Waals surface area contributed by atoms with Gasteiger partial charge in [-0.05, 0) is 32.6 Å². The van der Waals surface area contributed by atoms with Crippen LogP contribution < -0.4 is 0 Å². The summed E-state index contributed by atoms with van der Waals surface area (Å²) < 4.78 is 25.7. The summed E-state index contributed by atoms with van der Waals surface area (Å²) in [6.07, 6.45) is 0.988. The Bertz CT molecular complexity index is 349. The minimum atomic E-state index is -3.27. The molecule has 0 heterocycles. The highest BCUT2D eigenvalue weighted by atomic mass is 32.2. The lowest BCUT2D eigenvalue weighted by molar-refractivity contribution is -0.137. The van der Waals surface area contributed by atoms with E-state index in [1.165, 1.54) is 4.31 Å². The molecule has 0 fully saturated rings. The summed E-state index contributed by atoms with van der Waals surface area (Å²) in [4.78, 5) is 10.4. The number of carboxylic acids is 1. The quantitative estimate of drug-likeness (QED) is 0.700. The summed E-state index contributed by atoms with van der Waals surface area (Å²) in [5, 5.41) is 8.58. The average Bonchev–Trinajstić information content (AvgIpc) is 2.20. The molecule has 0 aromatic heterocycles. The SMILES string of the molecule is CC(C)CCS(=O)(=O)N(CCCC(=O)O)C(C)C. The van der Waals surface area contributed by atoms with Crippen LogP contribution in [0.4, 0.5) is 0 Å². The minimum Gasteiger partial charge on any atom is -0.481 e. The molecule has 0 rings (SSSR count). The maximum Gasteiger partial charge on any atom is 0.303 e. The van der Waals surface area contributed by atoms with E-state index in [0.29, 0.717) is 18.8 Å². The van der Waals surface area contributed by atoms with E-state index in [2.05, 4.69) is 0 Å². The molecule has 0 unspecified atom stereocenters. The molecule has 5 nitrogen and oxygen atoms in total. The van der Waals surface area contributed by atoms with Gasteiger partial charge in [0.15, 0.2) is 0 Å². The minimum absolute atomic E-state index is 0.00290. The van der Waals surface area contributed by atoms with E-state index in [4.69, 9.17) is 5.11 Å². The topological polar surface area (TPSA) is 74.7 Å². The number of hydrogen-bond acceptors (Lipinski definition) is 3. The zero-order valence-electron chi connectivity index (χ0n) is 11.7. The van der Waals surface area contributed by atoms with E-state index in [0.717, 1.165) is 0 Å². The number of carboxylic acid groups (broad SMARTS) is 1. The van der Waals surface area contributed by atoms with Crippen LogP contribution in [0.3, 0.4) is 0 Å². The predicted molar refractivity (Wildman–Crippen MR) is 72.0 cm³/mol. The smallest absolute Gasteiger partial charge is 0.303 e. The Labute approximate surface area is 110 Å². The van der Waals surface area contributed by atoms with Crippen molar-refractivity contribution >= 4 is 16.0 Å². The molecular formula is C12H25NO4S. The van der Waals surface area contributed by atoms with Gasteiger partial charge in [0.05, 0.1) is 5.75 Å². The van der Waals surface area contributed by atoms with Crippen LogP contribution in [0, 0.1) is 5.92 Å². The molecule has 0 spiro atoms. The second kappa shape index (κ2) is 7.74. The van der Waals surface area contributed by atoms with Gasteiger partial charge in [0.2, 0.25) is 10.0 Å². The fourth-order valence-corrected chi connectivity index (χ4v) is 3.66. The normalized spacial score (nSPS) is 12.6. The summed E-state index contributed by atoms with van der Waals surface area (Å²) >= 11 is 0. The van der Waals surface area contributed by atoms with Crippen molar-refractivity contribution in [3.05, 3.63) is 0 Å². The first-order valence-electron chi connectivity index (χ1n) is 6.38. The Kier molecular flexibility index (Phi) is 7.47. The molecule has 108 valence electrons. The van der Waals surface area contributed by atoms with Crippen LogP contribution in [0.25, 0.3) is 0 Å². The van der Waals surface area contributed by atoms with Crippen LogP contribution >= 0.6 is 0 Å². The second-order valence-electron chi connectivity index (χ2n) is 5.20. The van der Waals surface area contributed by atoms with Crippen molar-refractivity contribution in [1.82, 2.24) is 4.31 Å². The van der Waals surface area contributed by atoms with Gasteiger partial charge >= 0.3 is 5.97 Å². The molecule has 6 heteroatoms. The van der Waals surface area contributed by atoms with E-state index < -0.39 is 16.0 Å². The lowest BCUT2D eigenvalue weighted by Gasteiger charge is -2.26. The molecule has 0 saturated heterocycles. The van der Waals surface area contributed by atoms with Gasteiger partial charge in [0, 0.05) is 19.0 Å². The van der Waals surface area contributed by atoms with E-state index in [1.54, 1.807) is 0 Å². The summed E-state index contributed by atoms with van der Waals surface area (Å²) in [6.45, 7) is 7.88. The third-order valence-corrected chi connectivity index (χ3v) is 4.73. The number of sulfonamides is 1. The van der Waals surface area contributed by atoms with Crippen LogP contribution in [0.5, 0.6) is 0 Å². The fourth-order valence-electron chi connectivity index (χ4n) is 1.61. The molecule has 18 heavy (non-hydrogen) atoms. The van der Waals surface area contributed by atoms with Crippen molar-refractivity contribution in [3.8, 4) is 0 Å². The number of rotatable bonds is 9. The van der Waals surface area contributed by atoms with E-state index in [1.807, 2.05) is 27.7 Å². The summed E-state index contributed by atoms with van der Waals surface area (Å²) in [5.41, 5.74) is 0. The van der Waals surface area contributed by atoms with Crippen molar-refractivity contribution in [2.75, 3.05) is 12.3 Å². The van der Waals surface area contributed by atoms with Gasteiger partial charge in [-0.25, -0.2) is 8.42 Å². The molecule has 0 bridgehead atoms. The van der Waals surface area contributed by atoms with Gasteiger partial charge in [-0.3, -0.25) is 4.79 Å². The molecule has 0 amide bonds. The van der Waals surface area contributed by atoms with Crippen molar-refractivity contribution < 1.29 is 18.3 Å². The summed E-state index contributed by atoms with van der Waals surface area (Å²) in [5.74, 6) is -0.415. The van der Waals surface area contributed by atoms with Crippen LogP contribution in [0.15, 0.2) is 0 Å². The number of carbonyl (C=O) groups is 1. The third kappa shape index (κ3) is 6.96. The molecule has 0 saturated carbocycles. The van der Waals surface area contributed by atoms with Gasteiger partial charge in [0.1, 0.15) is 0 Å². The van der Waals surface area contributed by atoms with Crippen molar-refractivity contribution in [2.45, 2.75) is 53.0 Å². The molecular weight excluding hydrogens is 254 g/mol. The van der Waals surface area contributed by atoms with Crippen molar-refractivity contribution in [1.29, 1.82) is 0 Å². The molecule has 0 aromatic carbocycles. The first kappa shape index (κ1) is 17.4. The highest BCUT2D eigenvalue weighted by molar-refractivity contribution is 7.89. The molecule has 1 N–H and O–H groups in total. The molecule has 0 aliphatic rings. The van der Waals surface area contributed by atoms with Gasteiger partial charge in [0.25, 0.3) is 0 Å². The van der Waals surface area contributed by atoms with Gasteiger partial charge in [-0.1, -0.05) is 13.8 Å². The van der Waals surface area contributed by atoms with Gasteiger partial charge in [-0.2, -0.15) is 4.31 Å². The van der Waals surface area contributed by atoms with Crippen molar-refractivity contribution in [2.24, 2.45) is 5.92 Å². The summed E-state index contributed by atoms with van der Waals surface area (Å²) in [6, 6.07) is -0.129. The third-order valence-electron chi connectivity index (χ3n) is 2.66. The largest absolute Gasteiger partial charge is 0.481 e. The standard InChI is InChI=1S/C12H25NO4S/c1-10(2)7-9-18(16,17)13(11(3)4)8-5-6-12(14)15/h10-11H,5-9H2,1-4H3,(H,14,15). The maximum atomic E-state index is 12.1. The molecule has 0 aromatic rings. The average molecular weight is 279 g/mol. The Hall–Kier alpha value is -0.620. The summed E-state index contributed by atoms with van der Waals surface area (Å²) in [7, 11) is -3.27. The van der Waals surface area contributed by atoms with E-state index >= 15 is 0 Å². The van der Waals surface area contributed by atoms with Gasteiger partial charge in [-0.15, -0.1) is 0 Å². The second-order valence-corrected chi connectivity index (χ2v) is 7.24. The van der Waals surface area contributed by atoms with Crippen molar-refractivity contribution in [3.63, 3.8) is 0 Å². The molecule has 0 atom stereocenters. The molecule has 0 aliphatic carbocycles. The highest BCUT2D eigenvalue weighted by Crippen LogP contribution is 2.13. The lowest BCUT2D eigenvalue weighted by Crippen LogP contribution is -2.39. The predicted octanol–water partition coefficient (Wildman–Crippen LogP) is 1.94. The monoisotopic (exact) mass is 279 g/mol. The number of hydrogen-bond donors (Lipinski definition) is 1. The lowest BCUT2D eigenvalue weighted by atomic mass is 10.2. The molecule has 0 aliphatic heterocycles.